The summed E-state index contributed by atoms with van der Waals surface area (Å²) in [5.74, 6) is 1.41. The molecule has 5 nitrogen and oxygen atoms in total. The van der Waals surface area contributed by atoms with Crippen LogP contribution < -0.4 is 10.6 Å². The van der Waals surface area contributed by atoms with E-state index in [1.54, 1.807) is 19.1 Å². The zero-order valence-corrected chi connectivity index (χ0v) is 11.6. The van der Waals surface area contributed by atoms with Crippen molar-refractivity contribution >= 4 is 17.7 Å². The predicted molar refractivity (Wildman–Crippen MR) is 77.8 cm³/mol. The predicted octanol–water partition coefficient (Wildman–Crippen LogP) is 2.62. The molecule has 0 radical (unpaired) electrons. The smallest absolute Gasteiger partial charge is 0.337 e. The molecular formula is C15H18N2O3. The van der Waals surface area contributed by atoms with Crippen molar-refractivity contribution in [3.8, 4) is 12.3 Å². The zero-order chi connectivity index (χ0) is 15.1. The molecule has 1 aromatic rings. The number of amides is 2. The minimum atomic E-state index is -1.08. The van der Waals surface area contributed by atoms with Gasteiger partial charge in [-0.3, -0.25) is 0 Å². The molecule has 1 aromatic carbocycles. The molecule has 0 bridgehead atoms. The van der Waals surface area contributed by atoms with Crippen LogP contribution in [0.3, 0.4) is 0 Å². The number of hydrogen-bond acceptors (Lipinski definition) is 2. The normalized spacial score (nSPS) is 11.2. The van der Waals surface area contributed by atoms with E-state index in [0.717, 1.165) is 0 Å². The molecule has 1 rings (SSSR count). The molecule has 0 fully saturated rings. The molecule has 3 N–H and O–H groups in total. The number of carbonyl (C=O) groups is 2. The van der Waals surface area contributed by atoms with E-state index in [0.29, 0.717) is 24.1 Å². The summed E-state index contributed by atoms with van der Waals surface area (Å²) in [4.78, 5) is 23.0. The number of benzene rings is 1. The summed E-state index contributed by atoms with van der Waals surface area (Å²) >= 11 is 0. The second-order valence-corrected chi connectivity index (χ2v) is 4.41. The van der Waals surface area contributed by atoms with E-state index in [1.165, 1.54) is 6.07 Å². The monoisotopic (exact) mass is 274 g/mol. The lowest BCUT2D eigenvalue weighted by atomic mass is 10.1. The SMILES string of the molecule is C#CCC(CC)NC(=O)Nc1c(C)cccc1C(=O)O. The summed E-state index contributed by atoms with van der Waals surface area (Å²) in [6, 6.07) is 4.24. The molecule has 1 atom stereocenters. The van der Waals surface area contributed by atoms with Gasteiger partial charge in [-0.2, -0.15) is 0 Å². The molecule has 0 spiro atoms. The van der Waals surface area contributed by atoms with Crippen molar-refractivity contribution in [1.82, 2.24) is 5.32 Å². The van der Waals surface area contributed by atoms with Crippen LogP contribution in [-0.4, -0.2) is 23.1 Å². The lowest BCUT2D eigenvalue weighted by Gasteiger charge is -2.17. The Hall–Kier alpha value is -2.48. The quantitative estimate of drug-likeness (QED) is 0.722. The summed E-state index contributed by atoms with van der Waals surface area (Å²) in [5, 5.41) is 14.4. The lowest BCUT2D eigenvalue weighted by Crippen LogP contribution is -2.37. The van der Waals surface area contributed by atoms with Crippen LogP contribution in [0.1, 0.15) is 35.7 Å². The van der Waals surface area contributed by atoms with Gasteiger partial charge < -0.3 is 15.7 Å². The molecular weight excluding hydrogens is 256 g/mol. The summed E-state index contributed by atoms with van der Waals surface area (Å²) in [6.45, 7) is 3.65. The summed E-state index contributed by atoms with van der Waals surface area (Å²) in [6.07, 6.45) is 6.36. The third kappa shape index (κ3) is 4.02. The average Bonchev–Trinajstić information content (AvgIpc) is 2.40. The molecule has 0 aliphatic rings. The van der Waals surface area contributed by atoms with E-state index >= 15 is 0 Å². The molecule has 0 aliphatic carbocycles. The Balaban J connectivity index is 2.86. The van der Waals surface area contributed by atoms with Crippen molar-refractivity contribution in [3.05, 3.63) is 29.3 Å². The van der Waals surface area contributed by atoms with Gasteiger partial charge in [0.2, 0.25) is 0 Å². The van der Waals surface area contributed by atoms with Crippen molar-refractivity contribution in [2.24, 2.45) is 0 Å². The molecule has 0 saturated carbocycles. The first-order valence-corrected chi connectivity index (χ1v) is 6.33. The first kappa shape index (κ1) is 15.6. The highest BCUT2D eigenvalue weighted by Gasteiger charge is 2.15. The highest BCUT2D eigenvalue weighted by atomic mass is 16.4. The van der Waals surface area contributed by atoms with Crippen LogP contribution in [0.4, 0.5) is 10.5 Å². The first-order valence-electron chi connectivity index (χ1n) is 6.33. The number of aryl methyl sites for hydroxylation is 1. The number of urea groups is 1. The van der Waals surface area contributed by atoms with Gasteiger partial charge in [-0.15, -0.1) is 12.3 Å². The van der Waals surface area contributed by atoms with Gasteiger partial charge in [0, 0.05) is 12.5 Å². The van der Waals surface area contributed by atoms with E-state index in [9.17, 15) is 9.59 Å². The van der Waals surface area contributed by atoms with Gasteiger partial charge >= 0.3 is 12.0 Å². The minimum Gasteiger partial charge on any atom is -0.478 e. The van der Waals surface area contributed by atoms with Gasteiger partial charge in [-0.25, -0.2) is 9.59 Å². The van der Waals surface area contributed by atoms with Gasteiger partial charge in [0.25, 0.3) is 0 Å². The maximum Gasteiger partial charge on any atom is 0.337 e. The Morgan fingerprint density at radius 1 is 1.45 bits per heavy atom. The van der Waals surface area contributed by atoms with Gasteiger partial charge in [0.05, 0.1) is 11.3 Å². The largest absolute Gasteiger partial charge is 0.478 e. The van der Waals surface area contributed by atoms with Crippen molar-refractivity contribution < 1.29 is 14.7 Å². The highest BCUT2D eigenvalue weighted by molar-refractivity contribution is 6.01. The van der Waals surface area contributed by atoms with Crippen molar-refractivity contribution in [2.75, 3.05) is 5.32 Å². The fourth-order valence-electron chi connectivity index (χ4n) is 1.79. The number of nitrogens with one attached hydrogen (secondary N) is 2. The van der Waals surface area contributed by atoms with E-state index in [1.807, 2.05) is 6.92 Å². The average molecular weight is 274 g/mol. The maximum atomic E-state index is 11.9. The van der Waals surface area contributed by atoms with Crippen LogP contribution in [0.25, 0.3) is 0 Å². The molecule has 0 saturated heterocycles. The maximum absolute atomic E-state index is 11.9. The Morgan fingerprint density at radius 3 is 2.70 bits per heavy atom. The fourth-order valence-corrected chi connectivity index (χ4v) is 1.79. The van der Waals surface area contributed by atoms with Gasteiger partial charge in [-0.1, -0.05) is 19.1 Å². The van der Waals surface area contributed by atoms with Crippen molar-refractivity contribution in [3.63, 3.8) is 0 Å². The Kier molecular flexibility index (Phi) is 5.60. The molecule has 0 aromatic heterocycles. The van der Waals surface area contributed by atoms with Crippen LogP contribution in [-0.2, 0) is 0 Å². The zero-order valence-electron chi connectivity index (χ0n) is 11.6. The molecule has 5 heteroatoms. The lowest BCUT2D eigenvalue weighted by molar-refractivity contribution is 0.0698. The molecule has 2 amide bonds. The molecule has 0 aliphatic heterocycles. The summed E-state index contributed by atoms with van der Waals surface area (Å²) in [7, 11) is 0. The van der Waals surface area contributed by atoms with E-state index < -0.39 is 12.0 Å². The summed E-state index contributed by atoms with van der Waals surface area (Å²) < 4.78 is 0. The van der Waals surface area contributed by atoms with Crippen molar-refractivity contribution in [1.29, 1.82) is 0 Å². The Bertz CT molecular complexity index is 547. The van der Waals surface area contributed by atoms with E-state index in [2.05, 4.69) is 16.6 Å². The fraction of sp³-hybridized carbons (Fsp3) is 0.333. The molecule has 1 unspecified atom stereocenters. The van der Waals surface area contributed by atoms with Gasteiger partial charge in [0.15, 0.2) is 0 Å². The number of carboxylic acids is 1. The number of aromatic carboxylic acids is 1. The first-order chi connectivity index (χ1) is 9.49. The third-order valence-corrected chi connectivity index (χ3v) is 2.93. The molecule has 106 valence electrons. The van der Waals surface area contributed by atoms with E-state index in [4.69, 9.17) is 11.5 Å². The van der Waals surface area contributed by atoms with Crippen LogP contribution in [0.5, 0.6) is 0 Å². The van der Waals surface area contributed by atoms with Crippen LogP contribution >= 0.6 is 0 Å². The second kappa shape index (κ2) is 7.19. The second-order valence-electron chi connectivity index (χ2n) is 4.41. The van der Waals surface area contributed by atoms with E-state index in [-0.39, 0.29) is 11.6 Å². The molecule has 0 heterocycles. The standard InChI is InChI=1S/C15H18N2O3/c1-4-7-11(5-2)16-15(20)17-13-10(3)8-6-9-12(13)14(18)19/h1,6,8-9,11H,5,7H2,2-3H3,(H,18,19)(H2,16,17,20). The third-order valence-electron chi connectivity index (χ3n) is 2.93. The number of carboxylic acid groups (broad SMARTS) is 1. The number of terminal acetylenes is 1. The van der Waals surface area contributed by atoms with Crippen LogP contribution in [0, 0.1) is 19.3 Å². The van der Waals surface area contributed by atoms with Gasteiger partial charge in [-0.05, 0) is 25.0 Å². The highest BCUT2D eigenvalue weighted by Crippen LogP contribution is 2.20. The number of rotatable bonds is 5. The Labute approximate surface area is 118 Å². The topological polar surface area (TPSA) is 78.4 Å². The molecule has 20 heavy (non-hydrogen) atoms. The number of carbonyl (C=O) groups excluding carboxylic acids is 1. The van der Waals surface area contributed by atoms with Crippen LogP contribution in [0.15, 0.2) is 18.2 Å². The van der Waals surface area contributed by atoms with Gasteiger partial charge in [0.1, 0.15) is 0 Å². The number of anilines is 1. The van der Waals surface area contributed by atoms with Crippen LogP contribution in [0.2, 0.25) is 0 Å². The Morgan fingerprint density at radius 2 is 2.15 bits per heavy atom. The van der Waals surface area contributed by atoms with Crippen molar-refractivity contribution in [2.45, 2.75) is 32.7 Å². The summed E-state index contributed by atoms with van der Waals surface area (Å²) in [5.41, 5.74) is 1.04. The number of hydrogen-bond donors (Lipinski definition) is 3. The minimum absolute atomic E-state index is 0.0603. The number of para-hydroxylation sites is 1.